The number of fused-ring (bicyclic) bond motifs is 1. The van der Waals surface area contributed by atoms with Crippen LogP contribution in [-0.2, 0) is 21.4 Å². The van der Waals surface area contributed by atoms with Gasteiger partial charge in [0, 0.05) is 5.41 Å². The molecule has 4 nitrogen and oxygen atoms in total. The first-order valence-electron chi connectivity index (χ1n) is 6.21. The predicted octanol–water partition coefficient (Wildman–Crippen LogP) is 2.99. The number of ether oxygens (including phenoxy) is 1. The molecule has 0 fully saturated rings. The molecule has 5 heteroatoms. The Labute approximate surface area is 116 Å². The van der Waals surface area contributed by atoms with E-state index >= 15 is 0 Å². The van der Waals surface area contributed by atoms with Crippen molar-refractivity contribution >= 4 is 21.9 Å². The highest BCUT2D eigenvalue weighted by molar-refractivity contribution is 9.10. The molecule has 0 saturated heterocycles. The summed E-state index contributed by atoms with van der Waals surface area (Å²) in [5.41, 5.74) is 1.02. The Morgan fingerprint density at radius 1 is 1.50 bits per heavy atom. The van der Waals surface area contributed by atoms with Crippen molar-refractivity contribution in [1.29, 1.82) is 0 Å². The minimum atomic E-state index is -0.230. The first-order chi connectivity index (χ1) is 8.36. The fourth-order valence-electron chi connectivity index (χ4n) is 2.48. The molecular weight excluding hydrogens is 296 g/mol. The van der Waals surface area contributed by atoms with Crippen molar-refractivity contribution in [3.63, 3.8) is 0 Å². The second kappa shape index (κ2) is 4.68. The van der Waals surface area contributed by atoms with Crippen LogP contribution in [0.5, 0.6) is 0 Å². The lowest BCUT2D eigenvalue weighted by molar-refractivity contribution is -0.145. The SMILES string of the molecule is COC(=O)C1CCCc2c(Br)nc(C(C)(C)C)n21. The minimum absolute atomic E-state index is 0.0929. The molecule has 0 saturated carbocycles. The third-order valence-electron chi connectivity index (χ3n) is 3.31. The highest BCUT2D eigenvalue weighted by Crippen LogP contribution is 2.36. The summed E-state index contributed by atoms with van der Waals surface area (Å²) < 4.78 is 7.85. The molecular formula is C13H19BrN2O2. The van der Waals surface area contributed by atoms with Crippen LogP contribution in [0.4, 0.5) is 0 Å². The maximum Gasteiger partial charge on any atom is 0.328 e. The average molecular weight is 315 g/mol. The molecule has 0 spiro atoms. The monoisotopic (exact) mass is 314 g/mol. The first-order valence-corrected chi connectivity index (χ1v) is 7.00. The Hall–Kier alpha value is -0.840. The van der Waals surface area contributed by atoms with Crippen molar-refractivity contribution in [2.75, 3.05) is 7.11 Å². The van der Waals surface area contributed by atoms with E-state index in [0.717, 1.165) is 35.4 Å². The highest BCUT2D eigenvalue weighted by atomic mass is 79.9. The molecule has 0 amide bonds. The van der Waals surface area contributed by atoms with E-state index in [2.05, 4.69) is 46.3 Å². The van der Waals surface area contributed by atoms with Gasteiger partial charge in [0.25, 0.3) is 0 Å². The van der Waals surface area contributed by atoms with E-state index in [4.69, 9.17) is 4.74 Å². The van der Waals surface area contributed by atoms with Crippen LogP contribution in [0.25, 0.3) is 0 Å². The van der Waals surface area contributed by atoms with Gasteiger partial charge in [-0.05, 0) is 35.2 Å². The summed E-state index contributed by atoms with van der Waals surface area (Å²) in [7, 11) is 1.44. The summed E-state index contributed by atoms with van der Waals surface area (Å²) >= 11 is 3.51. The van der Waals surface area contributed by atoms with Crippen LogP contribution in [-0.4, -0.2) is 22.6 Å². The molecule has 1 aromatic heterocycles. The van der Waals surface area contributed by atoms with Crippen molar-refractivity contribution < 1.29 is 9.53 Å². The zero-order valence-electron chi connectivity index (χ0n) is 11.3. The standard InChI is InChI=1S/C13H19BrN2O2/c1-13(2,3)12-15-10(14)8-6-5-7-9(16(8)12)11(17)18-4/h9H,5-7H2,1-4H3. The maximum atomic E-state index is 11.9. The van der Waals surface area contributed by atoms with Crippen molar-refractivity contribution in [2.24, 2.45) is 0 Å². The predicted molar refractivity (Wildman–Crippen MR) is 72.6 cm³/mol. The molecule has 0 aliphatic carbocycles. The highest BCUT2D eigenvalue weighted by Gasteiger charge is 2.34. The van der Waals surface area contributed by atoms with E-state index in [1.165, 1.54) is 7.11 Å². The second-order valence-electron chi connectivity index (χ2n) is 5.72. The van der Waals surface area contributed by atoms with Crippen LogP contribution in [0.1, 0.15) is 51.2 Å². The number of rotatable bonds is 1. The number of aromatic nitrogens is 2. The largest absolute Gasteiger partial charge is 0.467 e. The van der Waals surface area contributed by atoms with Gasteiger partial charge in [-0.2, -0.15) is 0 Å². The number of carbonyl (C=O) groups is 1. The normalized spacial score (nSPS) is 19.5. The van der Waals surface area contributed by atoms with Crippen LogP contribution in [0.2, 0.25) is 0 Å². The van der Waals surface area contributed by atoms with Crippen molar-refractivity contribution in [3.8, 4) is 0 Å². The van der Waals surface area contributed by atoms with Gasteiger partial charge in [-0.15, -0.1) is 0 Å². The van der Waals surface area contributed by atoms with E-state index in [9.17, 15) is 4.79 Å². The van der Waals surface area contributed by atoms with Gasteiger partial charge in [-0.3, -0.25) is 0 Å². The lowest BCUT2D eigenvalue weighted by atomic mass is 9.93. The zero-order chi connectivity index (χ0) is 13.5. The smallest absolute Gasteiger partial charge is 0.328 e. The lowest BCUT2D eigenvalue weighted by Crippen LogP contribution is -2.31. The van der Waals surface area contributed by atoms with Gasteiger partial charge < -0.3 is 9.30 Å². The molecule has 0 radical (unpaired) electrons. The average Bonchev–Trinajstić information content (AvgIpc) is 2.66. The van der Waals surface area contributed by atoms with Gasteiger partial charge >= 0.3 is 5.97 Å². The molecule has 1 aliphatic rings. The van der Waals surface area contributed by atoms with Crippen molar-refractivity contribution in [2.45, 2.75) is 51.5 Å². The Kier molecular flexibility index (Phi) is 3.54. The number of esters is 1. The van der Waals surface area contributed by atoms with E-state index in [1.807, 2.05) is 0 Å². The molecule has 1 unspecified atom stereocenters. The molecule has 0 bridgehead atoms. The molecule has 2 heterocycles. The van der Waals surface area contributed by atoms with E-state index < -0.39 is 0 Å². The first kappa shape index (κ1) is 13.6. The van der Waals surface area contributed by atoms with E-state index in [1.54, 1.807) is 0 Å². The fraction of sp³-hybridized carbons (Fsp3) is 0.692. The van der Waals surface area contributed by atoms with E-state index in [0.29, 0.717) is 0 Å². The number of carbonyl (C=O) groups excluding carboxylic acids is 1. The molecule has 1 atom stereocenters. The zero-order valence-corrected chi connectivity index (χ0v) is 12.9. The van der Waals surface area contributed by atoms with Gasteiger partial charge in [-0.25, -0.2) is 9.78 Å². The number of methoxy groups -OCH3 is 1. The summed E-state index contributed by atoms with van der Waals surface area (Å²) in [4.78, 5) is 16.5. The number of hydrogen-bond donors (Lipinski definition) is 0. The van der Waals surface area contributed by atoms with Crippen molar-refractivity contribution in [1.82, 2.24) is 9.55 Å². The Morgan fingerprint density at radius 3 is 2.72 bits per heavy atom. The quantitative estimate of drug-likeness (QED) is 0.748. The third-order valence-corrected chi connectivity index (χ3v) is 3.94. The summed E-state index contributed by atoms with van der Waals surface area (Å²) in [6.45, 7) is 6.33. The number of hydrogen-bond acceptors (Lipinski definition) is 3. The van der Waals surface area contributed by atoms with Crippen LogP contribution in [0, 0.1) is 0 Å². The summed E-state index contributed by atoms with van der Waals surface area (Å²) in [5.74, 6) is 0.769. The Balaban J connectivity index is 2.57. The van der Waals surface area contributed by atoms with Gasteiger partial charge in [-0.1, -0.05) is 20.8 Å². The minimum Gasteiger partial charge on any atom is -0.467 e. The molecule has 18 heavy (non-hydrogen) atoms. The van der Waals surface area contributed by atoms with Gasteiger partial charge in [0.1, 0.15) is 16.5 Å². The molecule has 1 aliphatic heterocycles. The van der Waals surface area contributed by atoms with Gasteiger partial charge in [0.05, 0.1) is 12.8 Å². The lowest BCUT2D eigenvalue weighted by Gasteiger charge is -2.29. The van der Waals surface area contributed by atoms with Crippen molar-refractivity contribution in [3.05, 3.63) is 16.1 Å². The van der Waals surface area contributed by atoms with Crippen LogP contribution in [0.15, 0.2) is 4.60 Å². The van der Waals surface area contributed by atoms with Crippen LogP contribution < -0.4 is 0 Å². The topological polar surface area (TPSA) is 44.1 Å². The van der Waals surface area contributed by atoms with Gasteiger partial charge in [0.15, 0.2) is 0 Å². The Bertz CT molecular complexity index is 474. The number of halogens is 1. The third kappa shape index (κ3) is 2.20. The summed E-state index contributed by atoms with van der Waals surface area (Å²) in [5, 5.41) is 0. The second-order valence-corrected chi connectivity index (χ2v) is 6.48. The van der Waals surface area contributed by atoms with Crippen LogP contribution >= 0.6 is 15.9 Å². The number of imidazole rings is 1. The van der Waals surface area contributed by atoms with E-state index in [-0.39, 0.29) is 17.4 Å². The molecule has 0 N–H and O–H groups in total. The molecule has 100 valence electrons. The summed E-state index contributed by atoms with van der Waals surface area (Å²) in [6, 6.07) is -0.230. The molecule has 0 aromatic carbocycles. The van der Waals surface area contributed by atoms with Crippen LogP contribution in [0.3, 0.4) is 0 Å². The molecule has 2 rings (SSSR count). The fourth-order valence-corrected chi connectivity index (χ4v) is 3.04. The molecule has 1 aromatic rings. The Morgan fingerprint density at radius 2 is 2.17 bits per heavy atom. The summed E-state index contributed by atoms with van der Waals surface area (Å²) in [6.07, 6.45) is 2.77. The maximum absolute atomic E-state index is 11.9. The van der Waals surface area contributed by atoms with Gasteiger partial charge in [0.2, 0.25) is 0 Å². The number of nitrogens with zero attached hydrogens (tertiary/aromatic N) is 2.